The maximum atomic E-state index is 6.36. The monoisotopic (exact) mass is 336 g/mol. The van der Waals surface area contributed by atoms with Crippen LogP contribution in [0.5, 0.6) is 0 Å². The molecule has 0 radical (unpaired) electrons. The van der Waals surface area contributed by atoms with Crippen LogP contribution in [0, 0.1) is 0 Å². The number of benzene rings is 1. The lowest BCUT2D eigenvalue weighted by Crippen LogP contribution is -2.10. The summed E-state index contributed by atoms with van der Waals surface area (Å²) < 4.78 is 0.716. The van der Waals surface area contributed by atoms with E-state index in [2.05, 4.69) is 42.9 Å². The lowest BCUT2D eigenvalue weighted by Gasteiger charge is -2.19. The first-order valence-electron chi connectivity index (χ1n) is 6.58. The quantitative estimate of drug-likeness (QED) is 0.512. The van der Waals surface area contributed by atoms with Crippen LogP contribution in [0.15, 0.2) is 30.3 Å². The fourth-order valence-corrected chi connectivity index (χ4v) is 3.31. The van der Waals surface area contributed by atoms with E-state index in [-0.39, 0.29) is 5.41 Å². The number of aromatic nitrogens is 2. The molecule has 0 saturated carbocycles. The molecule has 0 fully saturated rings. The highest BCUT2D eigenvalue weighted by atomic mass is 35.5. The van der Waals surface area contributed by atoms with Crippen molar-refractivity contribution in [3.8, 4) is 10.7 Å². The van der Waals surface area contributed by atoms with E-state index in [9.17, 15) is 0 Å². The summed E-state index contributed by atoms with van der Waals surface area (Å²) >= 11 is 13.8. The summed E-state index contributed by atoms with van der Waals surface area (Å²) in [6.45, 7) is 6.51. The van der Waals surface area contributed by atoms with Crippen LogP contribution in [-0.4, -0.2) is 9.97 Å². The summed E-state index contributed by atoms with van der Waals surface area (Å²) in [6.07, 6.45) is 0. The molecule has 5 heteroatoms. The van der Waals surface area contributed by atoms with Gasteiger partial charge in [0, 0.05) is 5.39 Å². The third kappa shape index (κ3) is 2.91. The summed E-state index contributed by atoms with van der Waals surface area (Å²) in [5.41, 5.74) is 2.13. The van der Waals surface area contributed by atoms with Crippen molar-refractivity contribution in [3.05, 3.63) is 45.4 Å². The Bertz CT molecular complexity index is 819. The Morgan fingerprint density at radius 1 is 1.00 bits per heavy atom. The van der Waals surface area contributed by atoms with Crippen molar-refractivity contribution in [2.24, 2.45) is 0 Å². The molecule has 0 spiro atoms. The summed E-state index contributed by atoms with van der Waals surface area (Å²) in [5.74, 6) is 0.618. The molecule has 0 N–H and O–H groups in total. The molecule has 2 nitrogen and oxygen atoms in total. The van der Waals surface area contributed by atoms with Gasteiger partial charge in [0.1, 0.15) is 5.15 Å². The third-order valence-electron chi connectivity index (χ3n) is 3.31. The Morgan fingerprint density at radius 3 is 2.38 bits per heavy atom. The standard InChI is InChI=1S/C16H14Cl2N2S/c1-16(2,3)9-4-5-11-10(8-9)14(18)20-15(19-11)12-6-7-13(17)21-12/h4-8H,1-3H3. The van der Waals surface area contributed by atoms with E-state index < -0.39 is 0 Å². The number of nitrogens with zero attached hydrogens (tertiary/aromatic N) is 2. The van der Waals surface area contributed by atoms with Crippen molar-refractivity contribution in [2.75, 3.05) is 0 Å². The first kappa shape index (κ1) is 14.8. The van der Waals surface area contributed by atoms with Crippen molar-refractivity contribution in [1.29, 1.82) is 0 Å². The summed E-state index contributed by atoms with van der Waals surface area (Å²) in [4.78, 5) is 9.93. The largest absolute Gasteiger partial charge is 0.227 e. The lowest BCUT2D eigenvalue weighted by molar-refractivity contribution is 0.591. The van der Waals surface area contributed by atoms with Gasteiger partial charge in [0.2, 0.25) is 0 Å². The van der Waals surface area contributed by atoms with E-state index in [1.807, 2.05) is 18.2 Å². The van der Waals surface area contributed by atoms with Crippen LogP contribution < -0.4 is 0 Å². The maximum Gasteiger partial charge on any atom is 0.171 e. The van der Waals surface area contributed by atoms with Gasteiger partial charge < -0.3 is 0 Å². The molecule has 108 valence electrons. The van der Waals surface area contributed by atoms with Gasteiger partial charge in [-0.2, -0.15) is 0 Å². The highest BCUT2D eigenvalue weighted by molar-refractivity contribution is 7.19. The molecule has 0 bridgehead atoms. The number of thiophene rings is 1. The zero-order valence-electron chi connectivity index (χ0n) is 11.9. The summed E-state index contributed by atoms with van der Waals surface area (Å²) in [5, 5.41) is 1.36. The second-order valence-corrected chi connectivity index (χ2v) is 8.00. The number of hydrogen-bond acceptors (Lipinski definition) is 3. The number of hydrogen-bond donors (Lipinski definition) is 0. The molecule has 0 aliphatic carbocycles. The SMILES string of the molecule is CC(C)(C)c1ccc2nc(-c3ccc(Cl)s3)nc(Cl)c2c1. The minimum atomic E-state index is 0.0669. The average molecular weight is 337 g/mol. The fraction of sp³-hybridized carbons (Fsp3) is 0.250. The van der Waals surface area contributed by atoms with Crippen molar-refractivity contribution in [2.45, 2.75) is 26.2 Å². The Hall–Kier alpha value is -1.16. The van der Waals surface area contributed by atoms with Crippen LogP contribution in [-0.2, 0) is 5.41 Å². The van der Waals surface area contributed by atoms with Gasteiger partial charge in [0.25, 0.3) is 0 Å². The molecule has 3 aromatic rings. The first-order valence-corrected chi connectivity index (χ1v) is 8.15. The Kier molecular flexibility index (Phi) is 3.68. The van der Waals surface area contributed by atoms with Crippen molar-refractivity contribution in [1.82, 2.24) is 9.97 Å². The minimum Gasteiger partial charge on any atom is -0.227 e. The second-order valence-electron chi connectivity index (χ2n) is 5.92. The molecule has 2 aromatic heterocycles. The highest BCUT2D eigenvalue weighted by Gasteiger charge is 2.16. The average Bonchev–Trinajstić information content (AvgIpc) is 2.84. The van der Waals surface area contributed by atoms with E-state index in [4.69, 9.17) is 23.2 Å². The Balaban J connectivity index is 2.17. The number of rotatable bonds is 1. The summed E-state index contributed by atoms with van der Waals surface area (Å²) in [6, 6.07) is 9.92. The second kappa shape index (κ2) is 5.24. The minimum absolute atomic E-state index is 0.0669. The first-order chi connectivity index (χ1) is 9.84. The van der Waals surface area contributed by atoms with Crippen LogP contribution in [0.3, 0.4) is 0 Å². The van der Waals surface area contributed by atoms with E-state index in [0.717, 1.165) is 15.8 Å². The van der Waals surface area contributed by atoms with E-state index in [1.165, 1.54) is 16.9 Å². The molecular formula is C16H14Cl2N2S. The molecule has 0 saturated heterocycles. The fourth-order valence-electron chi connectivity index (χ4n) is 2.10. The highest BCUT2D eigenvalue weighted by Crippen LogP contribution is 2.33. The zero-order valence-corrected chi connectivity index (χ0v) is 14.3. The molecule has 1 aromatic carbocycles. The topological polar surface area (TPSA) is 25.8 Å². The predicted molar refractivity (Wildman–Crippen MR) is 91.6 cm³/mol. The van der Waals surface area contributed by atoms with Crippen LogP contribution in [0.4, 0.5) is 0 Å². The van der Waals surface area contributed by atoms with Crippen molar-refractivity contribution < 1.29 is 0 Å². The van der Waals surface area contributed by atoms with Gasteiger partial charge in [-0.3, -0.25) is 0 Å². The molecule has 0 unspecified atom stereocenters. The van der Waals surface area contributed by atoms with Gasteiger partial charge in [-0.1, -0.05) is 50.0 Å². The molecule has 3 rings (SSSR count). The van der Waals surface area contributed by atoms with Gasteiger partial charge in [-0.05, 0) is 35.2 Å². The van der Waals surface area contributed by atoms with Gasteiger partial charge in [-0.15, -0.1) is 11.3 Å². The van der Waals surface area contributed by atoms with Crippen molar-refractivity contribution >= 4 is 45.4 Å². The molecule has 21 heavy (non-hydrogen) atoms. The molecule has 2 heterocycles. The Labute approximate surface area is 137 Å². The molecule has 0 aliphatic rings. The normalized spacial score (nSPS) is 12.0. The third-order valence-corrected chi connectivity index (χ3v) is 4.82. The van der Waals surface area contributed by atoms with E-state index >= 15 is 0 Å². The predicted octanol–water partition coefficient (Wildman–Crippen LogP) is 5.96. The molecule has 0 amide bonds. The van der Waals surface area contributed by atoms with Gasteiger partial charge in [0.05, 0.1) is 14.7 Å². The summed E-state index contributed by atoms with van der Waals surface area (Å²) in [7, 11) is 0. The van der Waals surface area contributed by atoms with E-state index in [0.29, 0.717) is 15.3 Å². The molecule has 0 aliphatic heterocycles. The Morgan fingerprint density at radius 2 is 1.76 bits per heavy atom. The van der Waals surface area contributed by atoms with Crippen LogP contribution in [0.25, 0.3) is 21.6 Å². The van der Waals surface area contributed by atoms with Gasteiger partial charge >= 0.3 is 0 Å². The molecular weight excluding hydrogens is 323 g/mol. The van der Waals surface area contributed by atoms with Gasteiger partial charge in [0.15, 0.2) is 5.82 Å². The van der Waals surface area contributed by atoms with E-state index in [1.54, 1.807) is 0 Å². The van der Waals surface area contributed by atoms with Gasteiger partial charge in [-0.25, -0.2) is 9.97 Å². The van der Waals surface area contributed by atoms with Crippen molar-refractivity contribution in [3.63, 3.8) is 0 Å². The smallest absolute Gasteiger partial charge is 0.171 e. The van der Waals surface area contributed by atoms with Crippen LogP contribution in [0.2, 0.25) is 9.49 Å². The van der Waals surface area contributed by atoms with Crippen LogP contribution >= 0.6 is 34.5 Å². The molecule has 0 atom stereocenters. The number of halogens is 2. The number of fused-ring (bicyclic) bond motifs is 1. The van der Waals surface area contributed by atoms with Crippen LogP contribution in [0.1, 0.15) is 26.3 Å². The lowest BCUT2D eigenvalue weighted by atomic mass is 9.86. The zero-order chi connectivity index (χ0) is 15.2. The maximum absolute atomic E-state index is 6.36.